The topological polar surface area (TPSA) is 18.5 Å². The zero-order valence-corrected chi connectivity index (χ0v) is 13.4. The minimum Gasteiger partial charge on any atom is -0.309 e. The van der Waals surface area contributed by atoms with Crippen molar-refractivity contribution in [2.45, 2.75) is 19.0 Å². The van der Waals surface area contributed by atoms with Gasteiger partial charge in [-0.3, -0.25) is 9.80 Å². The molecule has 3 saturated heterocycles. The molecule has 2 bridgehead atoms. The minimum atomic E-state index is -0.114. The molecule has 0 amide bonds. The lowest BCUT2D eigenvalue weighted by Crippen LogP contribution is -2.64. The van der Waals surface area contributed by atoms with Crippen molar-refractivity contribution in [3.8, 4) is 0 Å². The summed E-state index contributed by atoms with van der Waals surface area (Å²) in [6, 6.07) is 5.65. The predicted molar refractivity (Wildman–Crippen MR) is 82.3 cm³/mol. The monoisotopic (exact) mass is 341 g/mol. The highest BCUT2D eigenvalue weighted by Gasteiger charge is 2.37. The summed E-state index contributed by atoms with van der Waals surface area (Å²) in [5.41, 5.74) is 0.778. The van der Waals surface area contributed by atoms with Crippen LogP contribution in [0.1, 0.15) is 18.5 Å². The van der Waals surface area contributed by atoms with Crippen LogP contribution in [0.25, 0.3) is 0 Å². The van der Waals surface area contributed by atoms with Gasteiger partial charge >= 0.3 is 0 Å². The number of halogens is 2. The van der Waals surface area contributed by atoms with Gasteiger partial charge in [0.2, 0.25) is 0 Å². The van der Waals surface area contributed by atoms with E-state index in [0.29, 0.717) is 6.04 Å². The summed E-state index contributed by atoms with van der Waals surface area (Å²) < 4.78 is 15.2. The summed E-state index contributed by atoms with van der Waals surface area (Å²) in [6.45, 7) is 8.46. The van der Waals surface area contributed by atoms with Crippen LogP contribution in [0.3, 0.4) is 0 Å². The fourth-order valence-corrected chi connectivity index (χ4v) is 3.78. The van der Waals surface area contributed by atoms with Crippen LogP contribution in [-0.4, -0.2) is 55.1 Å². The first-order valence-electron chi connectivity index (χ1n) is 7.33. The molecule has 0 radical (unpaired) electrons. The van der Waals surface area contributed by atoms with Crippen LogP contribution >= 0.6 is 15.9 Å². The Morgan fingerprint density at radius 2 is 2.10 bits per heavy atom. The number of benzene rings is 1. The highest BCUT2D eigenvalue weighted by Crippen LogP contribution is 2.30. The second-order valence-corrected chi connectivity index (χ2v) is 6.52. The van der Waals surface area contributed by atoms with Crippen LogP contribution in [0.5, 0.6) is 0 Å². The Hall–Kier alpha value is -0.490. The van der Waals surface area contributed by atoms with E-state index in [1.807, 2.05) is 6.07 Å². The molecule has 20 heavy (non-hydrogen) atoms. The summed E-state index contributed by atoms with van der Waals surface area (Å²) in [5.74, 6) is -0.114. The van der Waals surface area contributed by atoms with Crippen LogP contribution in [-0.2, 0) is 0 Å². The number of piperazine rings is 3. The summed E-state index contributed by atoms with van der Waals surface area (Å²) in [7, 11) is 0. The van der Waals surface area contributed by atoms with E-state index >= 15 is 0 Å². The van der Waals surface area contributed by atoms with Crippen molar-refractivity contribution in [3.05, 3.63) is 34.1 Å². The number of fused-ring (bicyclic) bond motifs is 3. The smallest absolute Gasteiger partial charge is 0.128 e. The molecule has 2 atom stereocenters. The van der Waals surface area contributed by atoms with E-state index in [1.54, 1.807) is 12.1 Å². The minimum absolute atomic E-state index is 0.0561. The van der Waals surface area contributed by atoms with E-state index in [4.69, 9.17) is 0 Å². The van der Waals surface area contributed by atoms with Crippen molar-refractivity contribution in [2.75, 3.05) is 39.3 Å². The SMILES string of the molecule is CCNC(c1cc(Br)ccc1F)C1CN2CCN1CC2. The molecule has 0 aliphatic carbocycles. The third kappa shape index (κ3) is 2.77. The molecule has 1 aromatic rings. The second-order valence-electron chi connectivity index (χ2n) is 5.61. The van der Waals surface area contributed by atoms with Crippen LogP contribution in [0, 0.1) is 5.82 Å². The molecular formula is C15H21BrFN3. The maximum Gasteiger partial charge on any atom is 0.128 e. The van der Waals surface area contributed by atoms with E-state index in [9.17, 15) is 4.39 Å². The normalized spacial score (nSPS) is 30.4. The molecule has 1 aromatic carbocycles. The van der Waals surface area contributed by atoms with Crippen molar-refractivity contribution < 1.29 is 4.39 Å². The second kappa shape index (κ2) is 6.10. The maximum absolute atomic E-state index is 14.2. The Morgan fingerprint density at radius 1 is 1.35 bits per heavy atom. The van der Waals surface area contributed by atoms with Crippen molar-refractivity contribution >= 4 is 15.9 Å². The zero-order valence-electron chi connectivity index (χ0n) is 11.8. The quantitative estimate of drug-likeness (QED) is 0.906. The largest absolute Gasteiger partial charge is 0.309 e. The first-order chi connectivity index (χ1) is 9.69. The molecule has 2 unspecified atom stereocenters. The molecular weight excluding hydrogens is 321 g/mol. The van der Waals surface area contributed by atoms with Crippen molar-refractivity contribution in [2.24, 2.45) is 0 Å². The fourth-order valence-electron chi connectivity index (χ4n) is 3.40. The molecule has 0 spiro atoms. The molecule has 3 fully saturated rings. The third-order valence-electron chi connectivity index (χ3n) is 4.42. The van der Waals surface area contributed by atoms with Gasteiger partial charge in [0.1, 0.15) is 5.82 Å². The Kier molecular flexibility index (Phi) is 4.40. The Bertz CT molecular complexity index is 474. The molecule has 3 heterocycles. The number of nitrogens with one attached hydrogen (secondary N) is 1. The first kappa shape index (κ1) is 14.4. The molecule has 0 aromatic heterocycles. The lowest BCUT2D eigenvalue weighted by Gasteiger charge is -2.50. The van der Waals surface area contributed by atoms with Crippen LogP contribution < -0.4 is 5.32 Å². The Morgan fingerprint density at radius 3 is 2.70 bits per heavy atom. The number of nitrogens with zero attached hydrogens (tertiary/aromatic N) is 2. The van der Waals surface area contributed by atoms with Crippen LogP contribution in [0.2, 0.25) is 0 Å². The number of hydrogen-bond acceptors (Lipinski definition) is 3. The van der Waals surface area contributed by atoms with Crippen LogP contribution in [0.4, 0.5) is 4.39 Å². The van der Waals surface area contributed by atoms with Gasteiger partial charge in [0.05, 0.1) is 6.04 Å². The van der Waals surface area contributed by atoms with Gasteiger partial charge in [0.25, 0.3) is 0 Å². The average molecular weight is 342 g/mol. The molecule has 3 nitrogen and oxygen atoms in total. The summed E-state index contributed by atoms with van der Waals surface area (Å²) >= 11 is 3.46. The molecule has 3 aliphatic rings. The number of rotatable bonds is 4. The number of hydrogen-bond donors (Lipinski definition) is 1. The fraction of sp³-hybridized carbons (Fsp3) is 0.600. The summed E-state index contributed by atoms with van der Waals surface area (Å²) in [5, 5.41) is 3.49. The Balaban J connectivity index is 1.90. The zero-order chi connectivity index (χ0) is 14.1. The third-order valence-corrected chi connectivity index (χ3v) is 4.92. The van der Waals surface area contributed by atoms with E-state index in [1.165, 1.54) is 0 Å². The maximum atomic E-state index is 14.2. The van der Waals surface area contributed by atoms with Gasteiger partial charge in [0.15, 0.2) is 0 Å². The molecule has 4 rings (SSSR count). The molecule has 1 N–H and O–H groups in total. The molecule has 3 aliphatic heterocycles. The van der Waals surface area contributed by atoms with Gasteiger partial charge in [-0.1, -0.05) is 22.9 Å². The van der Waals surface area contributed by atoms with Crippen molar-refractivity contribution in [3.63, 3.8) is 0 Å². The summed E-state index contributed by atoms with van der Waals surface area (Å²) in [6.07, 6.45) is 0. The number of likely N-dealkylation sites (N-methyl/N-ethyl adjacent to an activating group) is 1. The van der Waals surface area contributed by atoms with Gasteiger partial charge in [-0.2, -0.15) is 0 Å². The van der Waals surface area contributed by atoms with Crippen molar-refractivity contribution in [1.29, 1.82) is 0 Å². The van der Waals surface area contributed by atoms with Gasteiger partial charge in [-0.05, 0) is 24.7 Å². The van der Waals surface area contributed by atoms with Gasteiger partial charge in [-0.25, -0.2) is 4.39 Å². The summed E-state index contributed by atoms with van der Waals surface area (Å²) in [4.78, 5) is 5.00. The van der Waals surface area contributed by atoms with E-state index in [0.717, 1.165) is 49.3 Å². The van der Waals surface area contributed by atoms with Gasteiger partial charge in [-0.15, -0.1) is 0 Å². The predicted octanol–water partition coefficient (Wildman–Crippen LogP) is 2.24. The molecule has 5 heteroatoms. The van der Waals surface area contributed by atoms with Crippen molar-refractivity contribution in [1.82, 2.24) is 15.1 Å². The van der Waals surface area contributed by atoms with E-state index < -0.39 is 0 Å². The van der Waals surface area contributed by atoms with E-state index in [-0.39, 0.29) is 11.9 Å². The van der Waals surface area contributed by atoms with E-state index in [2.05, 4.69) is 38.0 Å². The Labute approximate surface area is 128 Å². The van der Waals surface area contributed by atoms with Gasteiger partial charge in [0, 0.05) is 48.8 Å². The van der Waals surface area contributed by atoms with Gasteiger partial charge < -0.3 is 5.32 Å². The lowest BCUT2D eigenvalue weighted by atomic mass is 9.93. The first-order valence-corrected chi connectivity index (χ1v) is 8.13. The lowest BCUT2D eigenvalue weighted by molar-refractivity contribution is -0.00393. The average Bonchev–Trinajstić information content (AvgIpc) is 2.49. The highest BCUT2D eigenvalue weighted by molar-refractivity contribution is 9.10. The standard InChI is InChI=1S/C15H21BrFN3/c1-2-18-15(12-9-11(16)3-4-13(12)17)14-10-19-5-7-20(14)8-6-19/h3-4,9,14-15,18H,2,5-8,10H2,1H3. The highest BCUT2D eigenvalue weighted by atomic mass is 79.9. The molecule has 0 saturated carbocycles. The molecule has 110 valence electrons. The van der Waals surface area contributed by atoms with Crippen LogP contribution in [0.15, 0.2) is 22.7 Å².